The molecule has 3 aromatic carbocycles. The van der Waals surface area contributed by atoms with E-state index >= 15 is 0 Å². The number of carbonyl (C=O) groups excluding carboxylic acids is 3. The molecule has 1 atom stereocenters. The maximum absolute atomic E-state index is 13.0. The van der Waals surface area contributed by atoms with Crippen molar-refractivity contribution >= 4 is 34.3 Å². The van der Waals surface area contributed by atoms with Crippen molar-refractivity contribution < 1.29 is 14.4 Å². The fourth-order valence-corrected chi connectivity index (χ4v) is 4.42. The van der Waals surface area contributed by atoms with Crippen LogP contribution >= 0.6 is 0 Å². The Kier molecular flexibility index (Phi) is 5.48. The summed E-state index contributed by atoms with van der Waals surface area (Å²) in [5, 5.41) is 4.17. The molecule has 1 fully saturated rings. The Bertz CT molecular complexity index is 1330. The van der Waals surface area contributed by atoms with Crippen molar-refractivity contribution in [2.75, 3.05) is 11.4 Å². The Labute approximate surface area is 191 Å². The van der Waals surface area contributed by atoms with E-state index in [4.69, 9.17) is 0 Å². The second-order valence-electron chi connectivity index (χ2n) is 8.14. The maximum atomic E-state index is 13.0. The normalized spacial score (nSPS) is 14.6. The van der Waals surface area contributed by atoms with Gasteiger partial charge in [0.25, 0.3) is 5.91 Å². The SMILES string of the molecule is O=C(NC[C@H](c1ccccc1)c1c[nH]c2ccccc12)c1cccc(N2C(=O)CCC2=O)c1. The van der Waals surface area contributed by atoms with E-state index in [0.29, 0.717) is 17.8 Å². The summed E-state index contributed by atoms with van der Waals surface area (Å²) in [5.74, 6) is -0.769. The fraction of sp³-hybridized carbons (Fsp3) is 0.148. The number of para-hydroxylation sites is 1. The van der Waals surface area contributed by atoms with Gasteiger partial charge in [0.1, 0.15) is 0 Å². The average molecular weight is 437 g/mol. The Hall–Kier alpha value is -4.19. The molecule has 2 heterocycles. The third-order valence-electron chi connectivity index (χ3n) is 6.08. The summed E-state index contributed by atoms with van der Waals surface area (Å²) in [7, 11) is 0. The molecule has 6 heteroatoms. The lowest BCUT2D eigenvalue weighted by molar-refractivity contribution is -0.121. The van der Waals surface area contributed by atoms with E-state index in [-0.39, 0.29) is 36.5 Å². The molecular formula is C27H23N3O3. The third kappa shape index (κ3) is 4.03. The highest BCUT2D eigenvalue weighted by molar-refractivity contribution is 6.20. The monoisotopic (exact) mass is 437 g/mol. The van der Waals surface area contributed by atoms with E-state index in [2.05, 4.69) is 28.5 Å². The van der Waals surface area contributed by atoms with E-state index < -0.39 is 0 Å². The van der Waals surface area contributed by atoms with Crippen molar-refractivity contribution in [3.05, 3.63) is 102 Å². The summed E-state index contributed by atoms with van der Waals surface area (Å²) in [6.07, 6.45) is 2.41. The number of aromatic amines is 1. The Morgan fingerprint density at radius 3 is 2.42 bits per heavy atom. The standard InChI is InChI=1S/C27H23N3O3/c31-25-13-14-26(32)30(25)20-10-6-9-19(15-20)27(33)29-16-22(18-7-2-1-3-8-18)23-17-28-24-12-5-4-11-21(23)24/h1-12,15,17,22,28H,13-14,16H2,(H,29,33)/t22-/m1/s1. The van der Waals surface area contributed by atoms with Gasteiger partial charge in [-0.15, -0.1) is 0 Å². The number of carbonyl (C=O) groups is 3. The molecule has 4 aromatic rings. The summed E-state index contributed by atoms with van der Waals surface area (Å²) < 4.78 is 0. The largest absolute Gasteiger partial charge is 0.361 e. The smallest absolute Gasteiger partial charge is 0.251 e. The second kappa shape index (κ2) is 8.74. The van der Waals surface area contributed by atoms with E-state index in [1.54, 1.807) is 24.3 Å². The molecule has 5 rings (SSSR count). The molecule has 2 N–H and O–H groups in total. The van der Waals surface area contributed by atoms with Crippen molar-refractivity contribution in [3.63, 3.8) is 0 Å². The minimum Gasteiger partial charge on any atom is -0.361 e. The number of rotatable bonds is 6. The number of benzene rings is 3. The number of fused-ring (bicyclic) bond motifs is 1. The molecule has 0 bridgehead atoms. The number of imide groups is 1. The van der Waals surface area contributed by atoms with Gasteiger partial charge in [0.05, 0.1) is 5.69 Å². The van der Waals surface area contributed by atoms with Crippen LogP contribution in [0.15, 0.2) is 85.1 Å². The van der Waals surface area contributed by atoms with Crippen LogP contribution in [0.5, 0.6) is 0 Å². The first kappa shape index (κ1) is 20.7. The van der Waals surface area contributed by atoms with Crippen LogP contribution in [0, 0.1) is 0 Å². The number of aromatic nitrogens is 1. The first-order valence-electron chi connectivity index (χ1n) is 11.0. The predicted octanol–water partition coefficient (Wildman–Crippen LogP) is 4.38. The van der Waals surface area contributed by atoms with Crippen molar-refractivity contribution in [1.82, 2.24) is 10.3 Å². The van der Waals surface area contributed by atoms with Crippen LogP contribution in [-0.2, 0) is 9.59 Å². The molecule has 0 spiro atoms. The van der Waals surface area contributed by atoms with Gasteiger partial charge in [0.2, 0.25) is 11.8 Å². The summed E-state index contributed by atoms with van der Waals surface area (Å²) >= 11 is 0. The van der Waals surface area contributed by atoms with Gasteiger partial charge in [-0.25, -0.2) is 0 Å². The van der Waals surface area contributed by atoms with Crippen molar-refractivity contribution in [1.29, 1.82) is 0 Å². The van der Waals surface area contributed by atoms with Crippen molar-refractivity contribution in [2.45, 2.75) is 18.8 Å². The van der Waals surface area contributed by atoms with Gasteiger partial charge >= 0.3 is 0 Å². The third-order valence-corrected chi connectivity index (χ3v) is 6.08. The van der Waals surface area contributed by atoms with E-state index in [1.807, 2.05) is 42.6 Å². The second-order valence-corrected chi connectivity index (χ2v) is 8.14. The highest BCUT2D eigenvalue weighted by atomic mass is 16.2. The van der Waals surface area contributed by atoms with Gasteiger partial charge in [-0.1, -0.05) is 54.6 Å². The van der Waals surface area contributed by atoms with Crippen LogP contribution in [0.3, 0.4) is 0 Å². The number of anilines is 1. The van der Waals surface area contributed by atoms with Gasteiger partial charge in [-0.05, 0) is 35.4 Å². The first-order valence-corrected chi connectivity index (χ1v) is 11.0. The zero-order valence-electron chi connectivity index (χ0n) is 18.0. The van der Waals surface area contributed by atoms with Crippen LogP contribution in [0.2, 0.25) is 0 Å². The minimum absolute atomic E-state index is 0.0452. The molecule has 1 aliphatic heterocycles. The number of hydrogen-bond donors (Lipinski definition) is 2. The Balaban J connectivity index is 1.40. The summed E-state index contributed by atoms with van der Waals surface area (Å²) in [5.41, 5.74) is 4.10. The summed E-state index contributed by atoms with van der Waals surface area (Å²) in [6, 6.07) is 24.8. The van der Waals surface area contributed by atoms with Crippen LogP contribution in [0.1, 0.15) is 40.2 Å². The average Bonchev–Trinajstić information content (AvgIpc) is 3.43. The van der Waals surface area contributed by atoms with Crippen molar-refractivity contribution in [2.24, 2.45) is 0 Å². The molecule has 1 aliphatic rings. The summed E-state index contributed by atoms with van der Waals surface area (Å²) in [6.45, 7) is 0.399. The van der Waals surface area contributed by atoms with Crippen LogP contribution in [-0.4, -0.2) is 29.3 Å². The lowest BCUT2D eigenvalue weighted by Gasteiger charge is -2.19. The van der Waals surface area contributed by atoms with Gasteiger partial charge in [-0.2, -0.15) is 0 Å². The number of H-pyrrole nitrogens is 1. The zero-order chi connectivity index (χ0) is 22.8. The molecule has 0 unspecified atom stereocenters. The van der Waals surface area contributed by atoms with Gasteiger partial charge in [-0.3, -0.25) is 19.3 Å². The molecule has 1 aromatic heterocycles. The molecule has 6 nitrogen and oxygen atoms in total. The van der Waals surface area contributed by atoms with Gasteiger partial charge in [0, 0.05) is 48.0 Å². The maximum Gasteiger partial charge on any atom is 0.251 e. The predicted molar refractivity (Wildman–Crippen MR) is 127 cm³/mol. The Morgan fingerprint density at radius 1 is 0.909 bits per heavy atom. The van der Waals surface area contributed by atoms with E-state index in [1.165, 1.54) is 0 Å². The minimum atomic E-state index is -0.253. The Morgan fingerprint density at radius 2 is 1.64 bits per heavy atom. The van der Waals surface area contributed by atoms with Crippen LogP contribution in [0.4, 0.5) is 5.69 Å². The lowest BCUT2D eigenvalue weighted by atomic mass is 9.91. The van der Waals surface area contributed by atoms with Gasteiger partial charge < -0.3 is 10.3 Å². The van der Waals surface area contributed by atoms with E-state index in [9.17, 15) is 14.4 Å². The van der Waals surface area contributed by atoms with Gasteiger partial charge in [0.15, 0.2) is 0 Å². The molecule has 0 saturated carbocycles. The highest BCUT2D eigenvalue weighted by Crippen LogP contribution is 2.30. The fourth-order valence-electron chi connectivity index (χ4n) is 4.42. The quantitative estimate of drug-likeness (QED) is 0.439. The number of nitrogens with zero attached hydrogens (tertiary/aromatic N) is 1. The number of hydrogen-bond acceptors (Lipinski definition) is 3. The first-order chi connectivity index (χ1) is 16.1. The molecule has 164 valence electrons. The van der Waals surface area contributed by atoms with Crippen molar-refractivity contribution in [3.8, 4) is 0 Å². The van der Waals surface area contributed by atoms with Crippen LogP contribution < -0.4 is 10.2 Å². The number of amides is 3. The topological polar surface area (TPSA) is 82.3 Å². The summed E-state index contributed by atoms with van der Waals surface area (Å²) in [4.78, 5) is 41.7. The van der Waals surface area contributed by atoms with Crippen LogP contribution in [0.25, 0.3) is 10.9 Å². The molecule has 1 saturated heterocycles. The van der Waals surface area contributed by atoms with E-state index in [0.717, 1.165) is 26.9 Å². The molecule has 0 radical (unpaired) electrons. The molecule has 0 aliphatic carbocycles. The number of nitrogens with one attached hydrogen (secondary N) is 2. The lowest BCUT2D eigenvalue weighted by Crippen LogP contribution is -2.30. The zero-order valence-corrected chi connectivity index (χ0v) is 18.0. The highest BCUT2D eigenvalue weighted by Gasteiger charge is 2.30. The molecule has 33 heavy (non-hydrogen) atoms. The molecular weight excluding hydrogens is 414 g/mol. The molecule has 3 amide bonds.